The molecule has 0 unspecified atom stereocenters. The summed E-state index contributed by atoms with van der Waals surface area (Å²) in [6, 6.07) is 19.3. The van der Waals surface area contributed by atoms with Crippen LogP contribution >= 0.6 is 11.3 Å². The molecule has 2 aromatic carbocycles. The molecular formula is C27H30BN3O4S. The van der Waals surface area contributed by atoms with Gasteiger partial charge in [-0.05, 0) is 68.5 Å². The van der Waals surface area contributed by atoms with E-state index in [9.17, 15) is 9.82 Å². The molecule has 0 spiro atoms. The first kappa shape index (κ1) is 24.4. The van der Waals surface area contributed by atoms with Crippen molar-refractivity contribution < 1.29 is 19.3 Å². The molecule has 5 rings (SSSR count). The predicted octanol–water partition coefficient (Wildman–Crippen LogP) is 5.02. The van der Waals surface area contributed by atoms with Crippen LogP contribution in [0, 0.1) is 0 Å². The Morgan fingerprint density at radius 2 is 1.89 bits per heavy atom. The van der Waals surface area contributed by atoms with Crippen LogP contribution in [0.15, 0.2) is 66.0 Å². The van der Waals surface area contributed by atoms with Gasteiger partial charge in [-0.2, -0.15) is 0 Å². The third-order valence-corrected chi connectivity index (χ3v) is 7.52. The number of hydrogen-bond acceptors (Lipinski definition) is 6. The Balaban J connectivity index is 1.21. The predicted molar refractivity (Wildman–Crippen MR) is 145 cm³/mol. The maximum Gasteiger partial charge on any atom is 0.376 e. The van der Waals surface area contributed by atoms with Crippen LogP contribution in [0.25, 0.3) is 10.2 Å². The van der Waals surface area contributed by atoms with Crippen LogP contribution in [-0.2, 0) is 13.7 Å². The van der Waals surface area contributed by atoms with Gasteiger partial charge in [-0.15, -0.1) is 11.3 Å². The molecule has 0 radical (unpaired) electrons. The minimum atomic E-state index is -0.417. The molecule has 7 nitrogen and oxygen atoms in total. The number of piperidine rings is 1. The number of carbonyl (C=O) groups excluding carboxylic acids is 1. The molecule has 0 bridgehead atoms. The summed E-state index contributed by atoms with van der Waals surface area (Å²) in [4.78, 5) is 15.1. The third-order valence-electron chi connectivity index (χ3n) is 6.67. The number of aryl methyl sites for hydroxylation is 1. The van der Waals surface area contributed by atoms with Gasteiger partial charge in [-0.1, -0.05) is 24.3 Å². The van der Waals surface area contributed by atoms with Gasteiger partial charge in [0.2, 0.25) is 0 Å². The van der Waals surface area contributed by atoms with Gasteiger partial charge >= 0.3 is 7.05 Å². The van der Waals surface area contributed by atoms with E-state index in [4.69, 9.17) is 9.47 Å². The first-order valence-electron chi connectivity index (χ1n) is 12.2. The number of anilines is 1. The lowest BCUT2D eigenvalue weighted by molar-refractivity contribution is 0.101. The maximum atomic E-state index is 13.0. The molecule has 2 aromatic heterocycles. The molecule has 1 aliphatic rings. The van der Waals surface area contributed by atoms with Gasteiger partial charge in [-0.25, -0.2) is 0 Å². The van der Waals surface area contributed by atoms with Crippen molar-refractivity contribution >= 4 is 40.2 Å². The average molecular weight is 503 g/mol. The zero-order valence-electron chi connectivity index (χ0n) is 20.5. The number of hydrogen-bond donors (Lipinski definition) is 2. The van der Waals surface area contributed by atoms with Crippen molar-refractivity contribution in [1.82, 2.24) is 9.38 Å². The van der Waals surface area contributed by atoms with E-state index in [0.717, 1.165) is 53.1 Å². The van der Waals surface area contributed by atoms with Gasteiger partial charge in [0.05, 0.1) is 10.2 Å². The number of nitrogens with one attached hydrogen (secondary N) is 1. The minimum absolute atomic E-state index is 0.124. The fraction of sp³-hybridized carbons (Fsp3) is 0.296. The van der Waals surface area contributed by atoms with E-state index in [1.165, 1.54) is 0 Å². The summed E-state index contributed by atoms with van der Waals surface area (Å²) in [6.07, 6.45) is 1.88. The van der Waals surface area contributed by atoms with Crippen molar-refractivity contribution in [3.8, 4) is 11.5 Å². The van der Waals surface area contributed by atoms with Gasteiger partial charge in [0.15, 0.2) is 0 Å². The Morgan fingerprint density at radius 3 is 2.67 bits per heavy atom. The second-order valence-corrected chi connectivity index (χ2v) is 10.1. The minimum Gasteiger partial charge on any atom is -0.490 e. The monoisotopic (exact) mass is 503 g/mol. The smallest absolute Gasteiger partial charge is 0.376 e. The van der Waals surface area contributed by atoms with Crippen LogP contribution in [0.3, 0.4) is 0 Å². The second kappa shape index (κ2) is 10.8. The summed E-state index contributed by atoms with van der Waals surface area (Å²) in [6.45, 7) is 3.76. The van der Waals surface area contributed by atoms with Gasteiger partial charge in [0.25, 0.3) is 5.91 Å². The standard InChI is InChI=1S/C27H30BN3O4S/c1-28(33)31-13-10-20(11-14-31)35-22-8-5-7-21(16-22)34-18-19-6-3-4-9-23(19)29-27(32)25-17-26-24(30(25)2)12-15-36-26/h3-9,12,15-17,20,33H,10-11,13-14,18H2,1-2H3,(H,29,32). The number of ether oxygens (including phenoxy) is 2. The van der Waals surface area contributed by atoms with E-state index in [-0.39, 0.29) is 12.0 Å². The van der Waals surface area contributed by atoms with Gasteiger partial charge in [-0.3, -0.25) is 4.79 Å². The number of thiophene rings is 1. The van der Waals surface area contributed by atoms with E-state index in [0.29, 0.717) is 18.1 Å². The fourth-order valence-corrected chi connectivity index (χ4v) is 5.43. The quantitative estimate of drug-likeness (QED) is 0.330. The third kappa shape index (κ3) is 5.43. The summed E-state index contributed by atoms with van der Waals surface area (Å²) < 4.78 is 15.3. The Hall–Kier alpha value is -3.27. The Kier molecular flexibility index (Phi) is 7.32. The molecule has 3 heterocycles. The van der Waals surface area contributed by atoms with Crippen molar-refractivity contribution in [1.29, 1.82) is 0 Å². The van der Waals surface area contributed by atoms with Crippen molar-refractivity contribution in [2.24, 2.45) is 7.05 Å². The molecule has 1 saturated heterocycles. The van der Waals surface area contributed by atoms with Crippen molar-refractivity contribution in [3.05, 3.63) is 77.3 Å². The van der Waals surface area contributed by atoms with Crippen LogP contribution in [0.1, 0.15) is 28.9 Å². The van der Waals surface area contributed by atoms with Gasteiger partial charge in [0, 0.05) is 24.4 Å². The highest BCUT2D eigenvalue weighted by Gasteiger charge is 2.25. The van der Waals surface area contributed by atoms with Crippen LogP contribution < -0.4 is 14.8 Å². The number of carbonyl (C=O) groups is 1. The van der Waals surface area contributed by atoms with Crippen molar-refractivity contribution in [2.45, 2.75) is 32.4 Å². The SMILES string of the molecule is CB(O)N1CCC(Oc2cccc(OCc3ccccc3NC(=O)c3cc4sccc4n3C)c2)CC1. The topological polar surface area (TPSA) is 76.0 Å². The lowest BCUT2D eigenvalue weighted by atomic mass is 9.82. The number of nitrogens with zero attached hydrogens (tertiary/aromatic N) is 2. The Labute approximate surface area is 215 Å². The largest absolute Gasteiger partial charge is 0.490 e. The number of amides is 1. The zero-order chi connectivity index (χ0) is 25.1. The first-order valence-corrected chi connectivity index (χ1v) is 13.1. The van der Waals surface area contributed by atoms with E-state index >= 15 is 0 Å². The molecule has 1 amide bonds. The van der Waals surface area contributed by atoms with E-state index < -0.39 is 7.05 Å². The number of rotatable bonds is 8. The van der Waals surface area contributed by atoms with Crippen LogP contribution in [0.2, 0.25) is 6.82 Å². The Morgan fingerprint density at radius 1 is 1.11 bits per heavy atom. The number of benzene rings is 2. The Bertz CT molecular complexity index is 1340. The highest BCUT2D eigenvalue weighted by molar-refractivity contribution is 7.17. The van der Waals surface area contributed by atoms with Crippen LogP contribution in [-0.4, -0.2) is 46.6 Å². The number of aromatic nitrogens is 1. The summed E-state index contributed by atoms with van der Waals surface area (Å²) in [5.41, 5.74) is 3.29. The number of para-hydroxylation sites is 1. The second-order valence-electron chi connectivity index (χ2n) is 9.12. The van der Waals surface area contributed by atoms with Gasteiger partial charge in [0.1, 0.15) is 29.9 Å². The maximum absolute atomic E-state index is 13.0. The van der Waals surface area contributed by atoms with E-state index in [1.807, 2.05) is 77.7 Å². The first-order chi connectivity index (χ1) is 17.5. The molecule has 1 fully saturated rings. The highest BCUT2D eigenvalue weighted by Crippen LogP contribution is 2.27. The van der Waals surface area contributed by atoms with Crippen LogP contribution in [0.4, 0.5) is 5.69 Å². The summed E-state index contributed by atoms with van der Waals surface area (Å²) in [5, 5.41) is 14.8. The van der Waals surface area contributed by atoms with Gasteiger partial charge < -0.3 is 29.2 Å². The molecule has 9 heteroatoms. The summed E-state index contributed by atoms with van der Waals surface area (Å²) in [7, 11) is 1.49. The number of fused-ring (bicyclic) bond motifs is 1. The molecule has 0 saturated carbocycles. The molecule has 36 heavy (non-hydrogen) atoms. The average Bonchev–Trinajstić information content (AvgIpc) is 3.47. The van der Waals surface area contributed by atoms with Crippen molar-refractivity contribution in [2.75, 3.05) is 18.4 Å². The van der Waals surface area contributed by atoms with Crippen molar-refractivity contribution in [3.63, 3.8) is 0 Å². The van der Waals surface area contributed by atoms with Crippen LogP contribution in [0.5, 0.6) is 11.5 Å². The highest BCUT2D eigenvalue weighted by atomic mass is 32.1. The summed E-state index contributed by atoms with van der Waals surface area (Å²) >= 11 is 1.62. The fourth-order valence-electron chi connectivity index (χ4n) is 4.58. The molecular weight excluding hydrogens is 473 g/mol. The molecule has 0 atom stereocenters. The molecule has 1 aliphatic heterocycles. The zero-order valence-corrected chi connectivity index (χ0v) is 21.3. The molecule has 0 aliphatic carbocycles. The summed E-state index contributed by atoms with van der Waals surface area (Å²) in [5.74, 6) is 1.33. The molecule has 4 aromatic rings. The van der Waals surface area contributed by atoms with E-state index in [1.54, 1.807) is 18.2 Å². The molecule has 2 N–H and O–H groups in total. The lowest BCUT2D eigenvalue weighted by Crippen LogP contribution is -2.45. The lowest BCUT2D eigenvalue weighted by Gasteiger charge is -2.32. The normalized spacial score (nSPS) is 14.6. The molecule has 186 valence electrons. The van der Waals surface area contributed by atoms with E-state index in [2.05, 4.69) is 10.1 Å².